The molecule has 1 amide bonds. The van der Waals surface area contributed by atoms with E-state index in [4.69, 9.17) is 7.85 Å². The van der Waals surface area contributed by atoms with E-state index in [0.717, 1.165) is 10.9 Å². The Kier molecular flexibility index (Phi) is 3.90. The minimum absolute atomic E-state index is 0.0493. The van der Waals surface area contributed by atoms with Gasteiger partial charge >= 0.3 is 0 Å². The van der Waals surface area contributed by atoms with Crippen LogP contribution in [0.4, 0.5) is 4.39 Å². The van der Waals surface area contributed by atoms with E-state index in [9.17, 15) is 9.18 Å². The minimum Gasteiger partial charge on any atom is -0.350 e. The van der Waals surface area contributed by atoms with Gasteiger partial charge in [-0.25, -0.2) is 4.39 Å². The van der Waals surface area contributed by atoms with Crippen LogP contribution in [0.3, 0.4) is 0 Å². The van der Waals surface area contributed by atoms with Gasteiger partial charge in [0.2, 0.25) is 0 Å². The predicted molar refractivity (Wildman–Crippen MR) is 89.0 cm³/mol. The summed E-state index contributed by atoms with van der Waals surface area (Å²) in [4.78, 5) is 16.5. The normalized spacial score (nSPS) is 11.1. The fourth-order valence-electron chi connectivity index (χ4n) is 2.54. The highest BCUT2D eigenvalue weighted by Gasteiger charge is 2.17. The average Bonchev–Trinajstić information content (AvgIpc) is 2.84. The lowest BCUT2D eigenvalue weighted by molar-refractivity contribution is 0.0942. The number of rotatable bonds is 3. The zero-order chi connectivity index (χ0) is 16.6. The molecule has 3 aromatic rings. The van der Waals surface area contributed by atoms with Crippen molar-refractivity contribution in [2.24, 2.45) is 0 Å². The molecule has 0 fully saturated rings. The van der Waals surface area contributed by atoms with Gasteiger partial charge in [-0.3, -0.25) is 9.78 Å². The van der Waals surface area contributed by atoms with E-state index >= 15 is 0 Å². The largest absolute Gasteiger partial charge is 0.350 e. The van der Waals surface area contributed by atoms with Crippen LogP contribution < -0.4 is 10.8 Å². The van der Waals surface area contributed by atoms with Crippen LogP contribution in [0.15, 0.2) is 42.9 Å². The molecule has 0 saturated carbocycles. The Morgan fingerprint density at radius 3 is 2.87 bits per heavy atom. The monoisotopic (exact) mass is 307 g/mol. The van der Waals surface area contributed by atoms with E-state index in [1.807, 2.05) is 13.8 Å². The number of fused-ring (bicyclic) bond motifs is 1. The van der Waals surface area contributed by atoms with E-state index in [1.165, 1.54) is 12.1 Å². The lowest BCUT2D eigenvalue weighted by Gasteiger charge is -2.14. The molecule has 0 bridgehead atoms. The summed E-state index contributed by atoms with van der Waals surface area (Å²) < 4.78 is 15.4. The molecule has 23 heavy (non-hydrogen) atoms. The molecule has 2 aromatic heterocycles. The minimum atomic E-state index is -0.467. The number of aromatic nitrogens is 2. The summed E-state index contributed by atoms with van der Waals surface area (Å²) in [5.41, 5.74) is 2.14. The van der Waals surface area contributed by atoms with Gasteiger partial charge in [-0.2, -0.15) is 0 Å². The fraction of sp³-hybridized carbons (Fsp3) is 0.176. The first-order valence-corrected chi connectivity index (χ1v) is 7.28. The fourth-order valence-corrected chi connectivity index (χ4v) is 2.54. The molecule has 3 rings (SSSR count). The predicted octanol–water partition coefficient (Wildman–Crippen LogP) is 2.10. The average molecular weight is 307 g/mol. The van der Waals surface area contributed by atoms with Crippen LogP contribution in [-0.4, -0.2) is 29.3 Å². The Balaban J connectivity index is 2.21. The number of halogens is 1. The zero-order valence-corrected chi connectivity index (χ0v) is 12.9. The second-order valence-electron chi connectivity index (χ2n) is 5.64. The summed E-state index contributed by atoms with van der Waals surface area (Å²) in [6, 6.07) is 5.87. The van der Waals surface area contributed by atoms with E-state index < -0.39 is 5.82 Å². The van der Waals surface area contributed by atoms with Crippen LogP contribution >= 0.6 is 0 Å². The molecule has 0 aliphatic rings. The summed E-state index contributed by atoms with van der Waals surface area (Å²) in [6.45, 7) is 3.70. The summed E-state index contributed by atoms with van der Waals surface area (Å²) in [6.07, 6.45) is 5.03. The molecule has 114 valence electrons. The number of nitrogens with one attached hydrogen (secondary N) is 1. The smallest absolute Gasteiger partial charge is 0.253 e. The number of amides is 1. The highest BCUT2D eigenvalue weighted by Crippen LogP contribution is 2.22. The lowest BCUT2D eigenvalue weighted by Crippen LogP contribution is -2.31. The van der Waals surface area contributed by atoms with Crippen LogP contribution in [0.5, 0.6) is 0 Å². The van der Waals surface area contributed by atoms with E-state index in [1.54, 1.807) is 35.3 Å². The summed E-state index contributed by atoms with van der Waals surface area (Å²) in [7, 11) is 6.03. The van der Waals surface area contributed by atoms with E-state index in [-0.39, 0.29) is 17.5 Å². The molecule has 0 aliphatic carbocycles. The molecule has 0 aliphatic heterocycles. The number of carbonyl (C=O) groups excluding carboxylic acids is 1. The molecule has 0 atom stereocenters. The molecule has 0 saturated heterocycles. The highest BCUT2D eigenvalue weighted by atomic mass is 19.1. The second kappa shape index (κ2) is 5.87. The molecule has 0 unspecified atom stereocenters. The topological polar surface area (TPSA) is 46.9 Å². The third kappa shape index (κ3) is 2.84. The van der Waals surface area contributed by atoms with Crippen molar-refractivity contribution in [3.8, 4) is 5.69 Å². The van der Waals surface area contributed by atoms with E-state index in [0.29, 0.717) is 11.2 Å². The van der Waals surface area contributed by atoms with Crippen molar-refractivity contribution >= 4 is 30.1 Å². The van der Waals surface area contributed by atoms with Crippen molar-refractivity contribution in [2.45, 2.75) is 19.9 Å². The van der Waals surface area contributed by atoms with Crippen LogP contribution in [-0.2, 0) is 0 Å². The van der Waals surface area contributed by atoms with Gasteiger partial charge in [-0.1, -0.05) is 5.46 Å². The molecule has 4 nitrogen and oxygen atoms in total. The molecule has 2 heterocycles. The van der Waals surface area contributed by atoms with Crippen molar-refractivity contribution in [1.29, 1.82) is 0 Å². The first-order chi connectivity index (χ1) is 11.0. The quantitative estimate of drug-likeness (QED) is 0.753. The Morgan fingerprint density at radius 1 is 1.35 bits per heavy atom. The third-order valence-corrected chi connectivity index (χ3v) is 3.52. The van der Waals surface area contributed by atoms with Gasteiger partial charge in [0.1, 0.15) is 13.7 Å². The van der Waals surface area contributed by atoms with Crippen molar-refractivity contribution in [2.75, 3.05) is 0 Å². The maximum Gasteiger partial charge on any atom is 0.253 e. The summed E-state index contributed by atoms with van der Waals surface area (Å²) >= 11 is 0. The number of carbonyl (C=O) groups is 1. The standard InChI is InChI=1S/C17H15BFN3O/c1-10(2)21-17(23)13-7-11(19)3-4-15(13)22-9-14(18)12-5-6-20-8-16(12)22/h3-10H,1-2H3,(H,21,23). The Bertz CT molecular complexity index is 889. The van der Waals surface area contributed by atoms with Gasteiger partial charge in [-0.15, -0.1) is 0 Å². The van der Waals surface area contributed by atoms with Gasteiger partial charge in [0, 0.05) is 18.4 Å². The van der Waals surface area contributed by atoms with Gasteiger partial charge in [-0.05, 0) is 43.5 Å². The molecular formula is C17H15BFN3O. The second-order valence-corrected chi connectivity index (χ2v) is 5.64. The first-order valence-electron chi connectivity index (χ1n) is 7.28. The number of nitrogens with zero attached hydrogens (tertiary/aromatic N) is 2. The van der Waals surface area contributed by atoms with Crippen molar-refractivity contribution in [3.05, 3.63) is 54.2 Å². The van der Waals surface area contributed by atoms with Crippen molar-refractivity contribution in [1.82, 2.24) is 14.9 Å². The zero-order valence-electron chi connectivity index (χ0n) is 12.9. The van der Waals surface area contributed by atoms with Gasteiger partial charge < -0.3 is 9.88 Å². The molecule has 2 radical (unpaired) electrons. The first kappa shape index (κ1) is 15.3. The highest BCUT2D eigenvalue weighted by molar-refractivity contribution is 6.39. The van der Waals surface area contributed by atoms with Gasteiger partial charge in [0.25, 0.3) is 5.91 Å². The molecule has 1 N–H and O–H groups in total. The van der Waals surface area contributed by atoms with Crippen molar-refractivity contribution < 1.29 is 9.18 Å². The summed E-state index contributed by atoms with van der Waals surface area (Å²) in [5, 5.41) is 3.62. The van der Waals surface area contributed by atoms with Gasteiger partial charge in [0.15, 0.2) is 0 Å². The number of hydrogen-bond acceptors (Lipinski definition) is 2. The maximum atomic E-state index is 13.7. The lowest BCUT2D eigenvalue weighted by atomic mass is 9.97. The summed E-state index contributed by atoms with van der Waals surface area (Å²) in [5.74, 6) is -0.802. The number of benzene rings is 1. The van der Waals surface area contributed by atoms with Crippen LogP contribution in [0.2, 0.25) is 0 Å². The SMILES string of the molecule is [B]c1cn(-c2ccc(F)cc2C(=O)NC(C)C)c2cnccc12. The number of hydrogen-bond donors (Lipinski definition) is 1. The van der Waals surface area contributed by atoms with Crippen LogP contribution in [0.1, 0.15) is 24.2 Å². The molecular weight excluding hydrogens is 292 g/mol. The molecule has 1 aromatic carbocycles. The van der Waals surface area contributed by atoms with Crippen molar-refractivity contribution in [3.63, 3.8) is 0 Å². The Hall–Kier alpha value is -2.63. The maximum absolute atomic E-state index is 13.7. The third-order valence-electron chi connectivity index (χ3n) is 3.52. The Morgan fingerprint density at radius 2 is 2.13 bits per heavy atom. The van der Waals surface area contributed by atoms with Gasteiger partial charge in [0.05, 0.1) is 23.0 Å². The van der Waals surface area contributed by atoms with E-state index in [2.05, 4.69) is 10.3 Å². The van der Waals surface area contributed by atoms with Crippen LogP contribution in [0, 0.1) is 5.82 Å². The van der Waals surface area contributed by atoms with Crippen LogP contribution in [0.25, 0.3) is 16.6 Å². The molecule has 6 heteroatoms. The molecule has 0 spiro atoms. The Labute approximate surface area is 134 Å². The number of pyridine rings is 1.